The van der Waals surface area contributed by atoms with Gasteiger partial charge >= 0.3 is 0 Å². The third kappa shape index (κ3) is 4.08. The van der Waals surface area contributed by atoms with Gasteiger partial charge in [0.1, 0.15) is 0 Å². The molecule has 4 nitrogen and oxygen atoms in total. The molecule has 1 N–H and O–H groups in total. The SMILES string of the molecule is CCNCc1ccc2c(ccn2CCCC(=O)N(C)C)c1. The van der Waals surface area contributed by atoms with Crippen LogP contribution in [0.1, 0.15) is 25.3 Å². The minimum Gasteiger partial charge on any atom is -0.349 e. The Kier molecular flexibility index (Phi) is 5.39. The fraction of sp³-hybridized carbons (Fsp3) is 0.471. The second-order valence-electron chi connectivity index (χ2n) is 5.57. The van der Waals surface area contributed by atoms with Crippen molar-refractivity contribution in [1.82, 2.24) is 14.8 Å². The van der Waals surface area contributed by atoms with Crippen molar-refractivity contribution in [3.05, 3.63) is 36.0 Å². The molecule has 0 saturated carbocycles. The van der Waals surface area contributed by atoms with Crippen LogP contribution in [0.5, 0.6) is 0 Å². The predicted molar refractivity (Wildman–Crippen MR) is 87.2 cm³/mol. The van der Waals surface area contributed by atoms with Crippen molar-refractivity contribution in [2.75, 3.05) is 20.6 Å². The van der Waals surface area contributed by atoms with E-state index < -0.39 is 0 Å². The van der Waals surface area contributed by atoms with Crippen LogP contribution in [-0.4, -0.2) is 36.0 Å². The van der Waals surface area contributed by atoms with Crippen molar-refractivity contribution < 1.29 is 4.79 Å². The zero-order valence-corrected chi connectivity index (χ0v) is 13.2. The van der Waals surface area contributed by atoms with Crippen molar-refractivity contribution in [2.45, 2.75) is 32.9 Å². The van der Waals surface area contributed by atoms with Gasteiger partial charge in [0.25, 0.3) is 0 Å². The first-order chi connectivity index (χ1) is 10.1. The van der Waals surface area contributed by atoms with E-state index in [9.17, 15) is 4.79 Å². The summed E-state index contributed by atoms with van der Waals surface area (Å²) in [5.74, 6) is 0.194. The van der Waals surface area contributed by atoms with Gasteiger partial charge in [-0.2, -0.15) is 0 Å². The van der Waals surface area contributed by atoms with E-state index in [-0.39, 0.29) is 5.91 Å². The summed E-state index contributed by atoms with van der Waals surface area (Å²) in [6.45, 7) is 4.90. The van der Waals surface area contributed by atoms with E-state index in [4.69, 9.17) is 0 Å². The molecule has 1 aromatic heterocycles. The molecule has 21 heavy (non-hydrogen) atoms. The van der Waals surface area contributed by atoms with Crippen LogP contribution in [0.15, 0.2) is 30.5 Å². The summed E-state index contributed by atoms with van der Waals surface area (Å²) >= 11 is 0. The number of fused-ring (bicyclic) bond motifs is 1. The fourth-order valence-corrected chi connectivity index (χ4v) is 2.45. The molecule has 0 atom stereocenters. The molecule has 114 valence electrons. The number of benzene rings is 1. The summed E-state index contributed by atoms with van der Waals surface area (Å²) in [6.07, 6.45) is 3.59. The van der Waals surface area contributed by atoms with Crippen molar-refractivity contribution in [2.24, 2.45) is 0 Å². The van der Waals surface area contributed by atoms with Crippen LogP contribution in [-0.2, 0) is 17.9 Å². The fourth-order valence-electron chi connectivity index (χ4n) is 2.45. The highest BCUT2D eigenvalue weighted by atomic mass is 16.2. The van der Waals surface area contributed by atoms with Crippen molar-refractivity contribution >= 4 is 16.8 Å². The maximum Gasteiger partial charge on any atom is 0.222 e. The summed E-state index contributed by atoms with van der Waals surface area (Å²) in [7, 11) is 3.61. The predicted octanol–water partition coefficient (Wildman–Crippen LogP) is 2.62. The Balaban J connectivity index is 2.00. The Morgan fingerprint density at radius 1 is 1.29 bits per heavy atom. The van der Waals surface area contributed by atoms with Gasteiger partial charge in [0.15, 0.2) is 0 Å². The molecule has 0 fully saturated rings. The summed E-state index contributed by atoms with van der Waals surface area (Å²) in [5, 5.41) is 4.61. The monoisotopic (exact) mass is 287 g/mol. The smallest absolute Gasteiger partial charge is 0.222 e. The van der Waals surface area contributed by atoms with Gasteiger partial charge in [-0.1, -0.05) is 13.0 Å². The molecule has 0 saturated heterocycles. The average molecular weight is 287 g/mol. The first kappa shape index (κ1) is 15.6. The van der Waals surface area contributed by atoms with Gasteiger partial charge in [-0.3, -0.25) is 4.79 Å². The van der Waals surface area contributed by atoms with Crippen LogP contribution in [0.4, 0.5) is 0 Å². The number of carbonyl (C=O) groups excluding carboxylic acids is 1. The number of hydrogen-bond donors (Lipinski definition) is 1. The molecular formula is C17H25N3O. The highest BCUT2D eigenvalue weighted by Crippen LogP contribution is 2.18. The zero-order chi connectivity index (χ0) is 15.2. The van der Waals surface area contributed by atoms with Crippen LogP contribution in [0, 0.1) is 0 Å². The highest BCUT2D eigenvalue weighted by Gasteiger charge is 2.05. The molecular weight excluding hydrogens is 262 g/mol. The van der Waals surface area contributed by atoms with E-state index >= 15 is 0 Å². The minimum atomic E-state index is 0.194. The summed E-state index contributed by atoms with van der Waals surface area (Å²) in [4.78, 5) is 13.2. The third-order valence-corrected chi connectivity index (χ3v) is 3.70. The van der Waals surface area contributed by atoms with E-state index in [1.807, 2.05) is 0 Å². The highest BCUT2D eigenvalue weighted by molar-refractivity contribution is 5.81. The number of aryl methyl sites for hydroxylation is 1. The first-order valence-corrected chi connectivity index (χ1v) is 7.60. The van der Waals surface area contributed by atoms with Gasteiger partial charge < -0.3 is 14.8 Å². The molecule has 4 heteroatoms. The normalized spacial score (nSPS) is 11.0. The summed E-state index contributed by atoms with van der Waals surface area (Å²) < 4.78 is 2.23. The van der Waals surface area contributed by atoms with Crippen LogP contribution < -0.4 is 5.32 Å². The van der Waals surface area contributed by atoms with Crippen LogP contribution in [0.25, 0.3) is 10.9 Å². The number of amides is 1. The lowest BCUT2D eigenvalue weighted by Gasteiger charge is -2.10. The van der Waals surface area contributed by atoms with Gasteiger partial charge in [0.2, 0.25) is 5.91 Å². The molecule has 0 aliphatic heterocycles. The third-order valence-electron chi connectivity index (χ3n) is 3.70. The molecule has 0 radical (unpaired) electrons. The van der Waals surface area contributed by atoms with Crippen LogP contribution in [0.2, 0.25) is 0 Å². The number of nitrogens with one attached hydrogen (secondary N) is 1. The van der Waals surface area contributed by atoms with Gasteiger partial charge in [-0.05, 0) is 42.1 Å². The number of nitrogens with zero attached hydrogens (tertiary/aromatic N) is 2. The van der Waals surface area contributed by atoms with E-state index in [1.54, 1.807) is 19.0 Å². The van der Waals surface area contributed by atoms with E-state index in [1.165, 1.54) is 16.5 Å². The summed E-state index contributed by atoms with van der Waals surface area (Å²) in [6, 6.07) is 8.74. The first-order valence-electron chi connectivity index (χ1n) is 7.60. The Hall–Kier alpha value is -1.81. The lowest BCUT2D eigenvalue weighted by molar-refractivity contribution is -0.128. The number of aromatic nitrogens is 1. The second-order valence-corrected chi connectivity index (χ2v) is 5.57. The van der Waals surface area contributed by atoms with Gasteiger partial charge in [-0.15, -0.1) is 0 Å². The van der Waals surface area contributed by atoms with E-state index in [0.29, 0.717) is 6.42 Å². The quantitative estimate of drug-likeness (QED) is 0.850. The van der Waals surface area contributed by atoms with Crippen LogP contribution in [0.3, 0.4) is 0 Å². The van der Waals surface area contributed by atoms with Gasteiger partial charge in [0.05, 0.1) is 0 Å². The second kappa shape index (κ2) is 7.27. The van der Waals surface area contributed by atoms with E-state index in [2.05, 4.69) is 47.3 Å². The van der Waals surface area contributed by atoms with E-state index in [0.717, 1.165) is 26.1 Å². The molecule has 0 aliphatic carbocycles. The van der Waals surface area contributed by atoms with Crippen molar-refractivity contribution in [1.29, 1.82) is 0 Å². The maximum absolute atomic E-state index is 11.6. The number of hydrogen-bond acceptors (Lipinski definition) is 2. The largest absolute Gasteiger partial charge is 0.349 e. The molecule has 0 unspecified atom stereocenters. The Morgan fingerprint density at radius 3 is 2.81 bits per heavy atom. The number of carbonyl (C=O) groups is 1. The number of rotatable bonds is 7. The maximum atomic E-state index is 11.6. The van der Waals surface area contributed by atoms with Crippen molar-refractivity contribution in [3.8, 4) is 0 Å². The topological polar surface area (TPSA) is 37.3 Å². The Labute approximate surface area is 126 Å². The zero-order valence-electron chi connectivity index (χ0n) is 13.2. The molecule has 2 aromatic rings. The molecule has 1 amide bonds. The molecule has 0 bridgehead atoms. The summed E-state index contributed by atoms with van der Waals surface area (Å²) in [5.41, 5.74) is 2.55. The lowest BCUT2D eigenvalue weighted by atomic mass is 10.1. The molecule has 2 rings (SSSR count). The Bertz CT molecular complexity index is 601. The Morgan fingerprint density at radius 2 is 2.10 bits per heavy atom. The molecule has 1 aromatic carbocycles. The van der Waals surface area contributed by atoms with Gasteiger partial charge in [-0.25, -0.2) is 0 Å². The molecule has 1 heterocycles. The minimum absolute atomic E-state index is 0.194. The standard InChI is InChI=1S/C17H25N3O/c1-4-18-13-14-7-8-16-15(12-14)9-11-20(16)10-5-6-17(21)19(2)3/h7-9,11-12,18H,4-6,10,13H2,1-3H3. The molecule has 0 aliphatic rings. The molecule has 0 spiro atoms. The van der Waals surface area contributed by atoms with Crippen molar-refractivity contribution in [3.63, 3.8) is 0 Å². The lowest BCUT2D eigenvalue weighted by Crippen LogP contribution is -2.21. The van der Waals surface area contributed by atoms with Crippen LogP contribution >= 0.6 is 0 Å². The average Bonchev–Trinajstić information content (AvgIpc) is 2.87. The van der Waals surface area contributed by atoms with Gasteiger partial charge in [0, 0.05) is 45.3 Å².